The second kappa shape index (κ2) is 7.41. The molecule has 5 nitrogen and oxygen atoms in total. The molecule has 0 N–H and O–H groups in total. The van der Waals surface area contributed by atoms with Gasteiger partial charge in [-0.05, 0) is 24.6 Å². The predicted molar refractivity (Wildman–Crippen MR) is 71.2 cm³/mol. The van der Waals surface area contributed by atoms with Crippen LogP contribution in [0.25, 0.3) is 0 Å². The van der Waals surface area contributed by atoms with E-state index in [1.165, 1.54) is 12.0 Å². The first-order chi connectivity index (χ1) is 9.12. The molecule has 0 spiro atoms. The van der Waals surface area contributed by atoms with Crippen LogP contribution < -0.4 is 4.74 Å². The molecular formula is C14H19NO4. The Balaban J connectivity index is 2.88. The molecule has 0 aromatic heterocycles. The zero-order valence-corrected chi connectivity index (χ0v) is 11.5. The van der Waals surface area contributed by atoms with Crippen LogP contribution in [0.3, 0.4) is 0 Å². The number of methoxy groups -OCH3 is 2. The Morgan fingerprint density at radius 3 is 2.58 bits per heavy atom. The lowest BCUT2D eigenvalue weighted by molar-refractivity contribution is -0.141. The summed E-state index contributed by atoms with van der Waals surface area (Å²) >= 11 is 0. The summed E-state index contributed by atoms with van der Waals surface area (Å²) < 4.78 is 9.69. The molecular weight excluding hydrogens is 246 g/mol. The molecule has 0 saturated carbocycles. The summed E-state index contributed by atoms with van der Waals surface area (Å²) in [6.07, 6.45) is 0.771. The number of carbonyl (C=O) groups is 2. The second-order valence-electron chi connectivity index (χ2n) is 4.03. The molecule has 19 heavy (non-hydrogen) atoms. The average Bonchev–Trinajstić information content (AvgIpc) is 2.45. The molecule has 1 aromatic rings. The minimum absolute atomic E-state index is 0.0413. The Bertz CT molecular complexity index is 445. The summed E-state index contributed by atoms with van der Waals surface area (Å²) in [6.45, 7) is 2.41. The van der Waals surface area contributed by atoms with Crippen LogP contribution in [0.15, 0.2) is 24.3 Å². The smallest absolute Gasteiger partial charge is 0.325 e. The van der Waals surface area contributed by atoms with E-state index in [0.717, 1.165) is 6.42 Å². The van der Waals surface area contributed by atoms with Crippen molar-refractivity contribution in [1.82, 2.24) is 4.90 Å². The first kappa shape index (κ1) is 15.0. The van der Waals surface area contributed by atoms with Crippen LogP contribution in [0.1, 0.15) is 23.7 Å². The van der Waals surface area contributed by atoms with Crippen molar-refractivity contribution in [2.24, 2.45) is 0 Å². The zero-order chi connectivity index (χ0) is 14.3. The fourth-order valence-corrected chi connectivity index (χ4v) is 1.68. The van der Waals surface area contributed by atoms with Crippen molar-refractivity contribution in [2.75, 3.05) is 27.3 Å². The highest BCUT2D eigenvalue weighted by molar-refractivity contribution is 5.96. The van der Waals surface area contributed by atoms with Crippen molar-refractivity contribution in [3.8, 4) is 5.75 Å². The minimum atomic E-state index is -0.426. The number of esters is 1. The number of hydrogen-bond acceptors (Lipinski definition) is 4. The van der Waals surface area contributed by atoms with Gasteiger partial charge in [-0.2, -0.15) is 0 Å². The molecule has 0 aliphatic heterocycles. The summed E-state index contributed by atoms with van der Waals surface area (Å²) in [4.78, 5) is 25.1. The van der Waals surface area contributed by atoms with E-state index in [0.29, 0.717) is 17.9 Å². The topological polar surface area (TPSA) is 55.8 Å². The van der Waals surface area contributed by atoms with Gasteiger partial charge in [-0.15, -0.1) is 0 Å². The fraction of sp³-hybridized carbons (Fsp3) is 0.429. The lowest BCUT2D eigenvalue weighted by atomic mass is 10.2. The molecule has 0 atom stereocenters. The number of carbonyl (C=O) groups excluding carboxylic acids is 2. The Labute approximate surface area is 113 Å². The maximum Gasteiger partial charge on any atom is 0.325 e. The molecule has 5 heteroatoms. The highest BCUT2D eigenvalue weighted by Crippen LogP contribution is 2.14. The Kier molecular flexibility index (Phi) is 5.85. The summed E-state index contributed by atoms with van der Waals surface area (Å²) in [5.41, 5.74) is 0.497. The van der Waals surface area contributed by atoms with Crippen LogP contribution in [-0.4, -0.2) is 44.1 Å². The third-order valence-electron chi connectivity index (χ3n) is 2.65. The Hall–Kier alpha value is -2.04. The van der Waals surface area contributed by atoms with Gasteiger partial charge in [0.15, 0.2) is 0 Å². The summed E-state index contributed by atoms with van der Waals surface area (Å²) in [5.74, 6) is -0.0174. The molecule has 0 bridgehead atoms. The highest BCUT2D eigenvalue weighted by atomic mass is 16.5. The molecule has 0 saturated heterocycles. The average molecular weight is 265 g/mol. The van der Waals surface area contributed by atoms with Gasteiger partial charge in [0, 0.05) is 12.1 Å². The number of ether oxygens (including phenoxy) is 2. The van der Waals surface area contributed by atoms with Gasteiger partial charge >= 0.3 is 5.97 Å². The monoisotopic (exact) mass is 265 g/mol. The van der Waals surface area contributed by atoms with Gasteiger partial charge in [-0.3, -0.25) is 9.59 Å². The van der Waals surface area contributed by atoms with E-state index in [1.54, 1.807) is 31.4 Å². The predicted octanol–water partition coefficient (Wildman–Crippen LogP) is 1.72. The van der Waals surface area contributed by atoms with E-state index >= 15 is 0 Å². The maximum atomic E-state index is 12.3. The second-order valence-corrected chi connectivity index (χ2v) is 4.03. The van der Waals surface area contributed by atoms with Gasteiger partial charge in [-0.1, -0.05) is 13.0 Å². The summed E-state index contributed by atoms with van der Waals surface area (Å²) in [6, 6.07) is 6.86. The lowest BCUT2D eigenvalue weighted by Gasteiger charge is -2.21. The molecule has 0 heterocycles. The largest absolute Gasteiger partial charge is 0.497 e. The van der Waals surface area contributed by atoms with Gasteiger partial charge in [0.2, 0.25) is 0 Å². The van der Waals surface area contributed by atoms with Gasteiger partial charge in [0.05, 0.1) is 14.2 Å². The number of nitrogens with zero attached hydrogens (tertiary/aromatic N) is 1. The molecule has 0 radical (unpaired) electrons. The fourth-order valence-electron chi connectivity index (χ4n) is 1.68. The van der Waals surface area contributed by atoms with Gasteiger partial charge in [0.1, 0.15) is 12.3 Å². The van der Waals surface area contributed by atoms with Crippen LogP contribution in [0.2, 0.25) is 0 Å². The molecule has 1 aromatic carbocycles. The van der Waals surface area contributed by atoms with Crippen LogP contribution in [0, 0.1) is 0 Å². The van der Waals surface area contributed by atoms with E-state index in [2.05, 4.69) is 4.74 Å². The van der Waals surface area contributed by atoms with E-state index in [-0.39, 0.29) is 12.5 Å². The molecule has 0 fully saturated rings. The third-order valence-corrected chi connectivity index (χ3v) is 2.65. The van der Waals surface area contributed by atoms with Crippen molar-refractivity contribution < 1.29 is 19.1 Å². The zero-order valence-electron chi connectivity index (χ0n) is 11.5. The van der Waals surface area contributed by atoms with E-state index < -0.39 is 5.97 Å². The van der Waals surface area contributed by atoms with Crippen LogP contribution in [0.5, 0.6) is 5.75 Å². The van der Waals surface area contributed by atoms with Gasteiger partial charge < -0.3 is 14.4 Å². The molecule has 1 rings (SSSR count). The van der Waals surface area contributed by atoms with Crippen LogP contribution in [-0.2, 0) is 9.53 Å². The first-order valence-electron chi connectivity index (χ1n) is 6.12. The molecule has 0 aliphatic carbocycles. The van der Waals surface area contributed by atoms with E-state index in [4.69, 9.17) is 4.74 Å². The summed E-state index contributed by atoms with van der Waals surface area (Å²) in [7, 11) is 2.85. The summed E-state index contributed by atoms with van der Waals surface area (Å²) in [5, 5.41) is 0. The van der Waals surface area contributed by atoms with Crippen molar-refractivity contribution in [1.29, 1.82) is 0 Å². The molecule has 0 unspecified atom stereocenters. The Morgan fingerprint density at radius 1 is 1.26 bits per heavy atom. The number of rotatable bonds is 6. The molecule has 1 amide bonds. The standard InChI is InChI=1S/C14H19NO4/c1-4-8-15(10-13(16)19-3)14(17)11-6-5-7-12(9-11)18-2/h5-7,9H,4,8,10H2,1-3H3. The normalized spacial score (nSPS) is 9.84. The van der Waals surface area contributed by atoms with E-state index in [9.17, 15) is 9.59 Å². The Morgan fingerprint density at radius 2 is 2.00 bits per heavy atom. The first-order valence-corrected chi connectivity index (χ1v) is 6.12. The van der Waals surface area contributed by atoms with Crippen molar-refractivity contribution in [3.63, 3.8) is 0 Å². The lowest BCUT2D eigenvalue weighted by Crippen LogP contribution is -2.36. The van der Waals surface area contributed by atoms with Crippen molar-refractivity contribution in [2.45, 2.75) is 13.3 Å². The van der Waals surface area contributed by atoms with Crippen molar-refractivity contribution >= 4 is 11.9 Å². The number of amides is 1. The van der Waals surface area contributed by atoms with Gasteiger partial charge in [0.25, 0.3) is 5.91 Å². The van der Waals surface area contributed by atoms with Gasteiger partial charge in [-0.25, -0.2) is 0 Å². The quantitative estimate of drug-likeness (QED) is 0.735. The SMILES string of the molecule is CCCN(CC(=O)OC)C(=O)c1cccc(OC)c1. The number of benzene rings is 1. The highest BCUT2D eigenvalue weighted by Gasteiger charge is 2.18. The van der Waals surface area contributed by atoms with E-state index in [1.807, 2.05) is 6.92 Å². The molecule has 104 valence electrons. The maximum absolute atomic E-state index is 12.3. The van der Waals surface area contributed by atoms with Crippen molar-refractivity contribution in [3.05, 3.63) is 29.8 Å². The van der Waals surface area contributed by atoms with Crippen LogP contribution in [0.4, 0.5) is 0 Å². The number of hydrogen-bond donors (Lipinski definition) is 0. The van der Waals surface area contributed by atoms with Crippen LogP contribution >= 0.6 is 0 Å². The third kappa shape index (κ3) is 4.28. The molecule has 0 aliphatic rings. The minimum Gasteiger partial charge on any atom is -0.497 e.